The van der Waals surface area contributed by atoms with Gasteiger partial charge in [0.1, 0.15) is 18.2 Å². The second kappa shape index (κ2) is 10.2. The van der Waals surface area contributed by atoms with E-state index < -0.39 is 0 Å². The quantitative estimate of drug-likeness (QED) is 0.632. The van der Waals surface area contributed by atoms with E-state index in [1.807, 2.05) is 48.5 Å². The number of ether oxygens (including phenoxy) is 1. The molecule has 0 aliphatic carbocycles. The highest BCUT2D eigenvalue weighted by Crippen LogP contribution is 2.29. The van der Waals surface area contributed by atoms with Gasteiger partial charge in [0.15, 0.2) is 0 Å². The van der Waals surface area contributed by atoms with Crippen molar-refractivity contribution in [2.45, 2.75) is 6.61 Å². The van der Waals surface area contributed by atoms with Crippen molar-refractivity contribution in [1.82, 2.24) is 14.9 Å². The fraction of sp³-hybridized carbons (Fsp3) is 0.304. The summed E-state index contributed by atoms with van der Waals surface area (Å²) >= 11 is 0. The molecule has 2 aliphatic rings. The molecular weight excluding hydrogens is 435 g/mol. The molecule has 0 radical (unpaired) electrons. The molecule has 2 saturated heterocycles. The fourth-order valence-corrected chi connectivity index (χ4v) is 4.26. The third kappa shape index (κ3) is 5.03. The van der Waals surface area contributed by atoms with E-state index in [1.165, 1.54) is 6.07 Å². The van der Waals surface area contributed by atoms with Gasteiger partial charge in [-0.1, -0.05) is 30.3 Å². The van der Waals surface area contributed by atoms with Crippen molar-refractivity contribution in [2.75, 3.05) is 31.1 Å². The first-order valence-electron chi connectivity index (χ1n) is 10.1. The fourth-order valence-electron chi connectivity index (χ4n) is 4.26. The van der Waals surface area contributed by atoms with Crippen molar-refractivity contribution >= 4 is 30.6 Å². The van der Waals surface area contributed by atoms with Gasteiger partial charge in [-0.05, 0) is 35.6 Å². The zero-order valence-electron chi connectivity index (χ0n) is 17.0. The summed E-state index contributed by atoms with van der Waals surface area (Å²) in [5.41, 5.74) is 1.69. The van der Waals surface area contributed by atoms with E-state index in [1.54, 1.807) is 17.0 Å². The van der Waals surface area contributed by atoms with Crippen molar-refractivity contribution in [1.29, 1.82) is 0 Å². The van der Waals surface area contributed by atoms with E-state index >= 15 is 0 Å². The molecule has 6 nitrogen and oxygen atoms in total. The van der Waals surface area contributed by atoms with Crippen LogP contribution in [0.15, 0.2) is 71.8 Å². The summed E-state index contributed by atoms with van der Waals surface area (Å²) < 4.78 is 7.34. The Hall–Kier alpha value is -2.54. The lowest BCUT2D eigenvalue weighted by Gasteiger charge is -2.19. The summed E-state index contributed by atoms with van der Waals surface area (Å²) in [7, 11) is 0. The van der Waals surface area contributed by atoms with E-state index in [2.05, 4.69) is 15.2 Å². The molecule has 0 saturated carbocycles. The Kier molecular flexibility index (Phi) is 7.59. The van der Waals surface area contributed by atoms with Crippen molar-refractivity contribution in [3.63, 3.8) is 0 Å². The maximum Gasteiger partial charge on any atom is 0.258 e. The molecule has 3 aromatic rings. The van der Waals surface area contributed by atoms with Gasteiger partial charge >= 0.3 is 0 Å². The van der Waals surface area contributed by atoms with Crippen LogP contribution in [0.4, 0.5) is 5.82 Å². The first-order valence-corrected chi connectivity index (χ1v) is 10.1. The molecule has 2 unspecified atom stereocenters. The Morgan fingerprint density at radius 3 is 2.39 bits per heavy atom. The lowest BCUT2D eigenvalue weighted by Crippen LogP contribution is -2.26. The molecule has 0 bridgehead atoms. The Balaban J connectivity index is 0.00000136. The molecular formula is C23H26Cl2N4O2. The molecule has 2 fully saturated rings. The minimum Gasteiger partial charge on any atom is -0.489 e. The summed E-state index contributed by atoms with van der Waals surface area (Å²) in [5, 5.41) is 3.46. The third-order valence-electron chi connectivity index (χ3n) is 5.86. The highest BCUT2D eigenvalue weighted by Gasteiger charge is 2.36. The van der Waals surface area contributed by atoms with Gasteiger partial charge in [0, 0.05) is 38.4 Å². The molecule has 8 heteroatoms. The van der Waals surface area contributed by atoms with Crippen LogP contribution in [-0.2, 0) is 6.61 Å². The number of halogens is 2. The van der Waals surface area contributed by atoms with E-state index in [0.29, 0.717) is 12.4 Å². The van der Waals surface area contributed by atoms with E-state index in [-0.39, 0.29) is 30.4 Å². The summed E-state index contributed by atoms with van der Waals surface area (Å²) in [6.45, 7) is 4.75. The standard InChI is InChI=1S/C23H24N4O2.2ClH/c28-23-10-21(29-16-17-4-2-1-3-5-17)8-9-27(23)20-6-7-22(25-13-20)26-14-18-11-24-12-19(18)15-26;;/h1-10,13,18-19,24H,11-12,14-16H2;2*1H. The molecule has 2 aromatic heterocycles. The minimum atomic E-state index is -0.133. The number of nitrogens with zero attached hydrogens (tertiary/aromatic N) is 3. The summed E-state index contributed by atoms with van der Waals surface area (Å²) in [6.07, 6.45) is 3.51. The van der Waals surface area contributed by atoms with Crippen molar-refractivity contribution in [2.24, 2.45) is 11.8 Å². The van der Waals surface area contributed by atoms with Gasteiger partial charge in [-0.3, -0.25) is 9.36 Å². The van der Waals surface area contributed by atoms with Crippen LogP contribution in [0.2, 0.25) is 0 Å². The number of rotatable bonds is 5. The third-order valence-corrected chi connectivity index (χ3v) is 5.86. The number of benzene rings is 1. The molecule has 5 rings (SSSR count). The number of fused-ring (bicyclic) bond motifs is 1. The summed E-state index contributed by atoms with van der Waals surface area (Å²) in [4.78, 5) is 19.5. The molecule has 31 heavy (non-hydrogen) atoms. The van der Waals surface area contributed by atoms with Gasteiger partial charge < -0.3 is 15.0 Å². The Labute approximate surface area is 194 Å². The number of nitrogens with one attached hydrogen (secondary N) is 1. The normalized spacial score (nSPS) is 19.3. The van der Waals surface area contributed by atoms with E-state index in [4.69, 9.17) is 4.74 Å². The molecule has 0 amide bonds. The average Bonchev–Trinajstić information content (AvgIpc) is 3.36. The van der Waals surface area contributed by atoms with Gasteiger partial charge in [-0.15, -0.1) is 24.8 Å². The number of aromatic nitrogens is 2. The van der Waals surface area contributed by atoms with Crippen molar-refractivity contribution < 1.29 is 4.74 Å². The Bertz CT molecular complexity index is 1030. The molecule has 164 valence electrons. The van der Waals surface area contributed by atoms with Crippen LogP contribution in [0.5, 0.6) is 5.75 Å². The van der Waals surface area contributed by atoms with Gasteiger partial charge in [0.05, 0.1) is 11.9 Å². The number of hydrogen-bond donors (Lipinski definition) is 1. The number of anilines is 1. The largest absolute Gasteiger partial charge is 0.489 e. The van der Waals surface area contributed by atoms with Crippen molar-refractivity contribution in [3.8, 4) is 11.4 Å². The molecule has 2 aliphatic heterocycles. The molecule has 4 heterocycles. The smallest absolute Gasteiger partial charge is 0.258 e. The van der Waals surface area contributed by atoms with Crippen LogP contribution >= 0.6 is 24.8 Å². The number of pyridine rings is 2. The molecule has 1 aromatic carbocycles. The monoisotopic (exact) mass is 460 g/mol. The molecule has 0 spiro atoms. The van der Waals surface area contributed by atoms with Gasteiger partial charge in [0.25, 0.3) is 5.56 Å². The Morgan fingerprint density at radius 1 is 1.00 bits per heavy atom. The maximum atomic E-state index is 12.6. The summed E-state index contributed by atoms with van der Waals surface area (Å²) in [6, 6.07) is 17.2. The van der Waals surface area contributed by atoms with Crippen LogP contribution in [0.1, 0.15) is 5.56 Å². The topological polar surface area (TPSA) is 59.4 Å². The van der Waals surface area contributed by atoms with Crippen LogP contribution in [0.3, 0.4) is 0 Å². The second-order valence-electron chi connectivity index (χ2n) is 7.80. The lowest BCUT2D eigenvalue weighted by molar-refractivity contribution is 0.305. The van der Waals surface area contributed by atoms with Gasteiger partial charge in [0.2, 0.25) is 0 Å². The maximum absolute atomic E-state index is 12.6. The van der Waals surface area contributed by atoms with Crippen LogP contribution in [0, 0.1) is 11.8 Å². The average molecular weight is 461 g/mol. The minimum absolute atomic E-state index is 0. The lowest BCUT2D eigenvalue weighted by atomic mass is 10.0. The molecule has 1 N–H and O–H groups in total. The predicted molar refractivity (Wildman–Crippen MR) is 127 cm³/mol. The predicted octanol–water partition coefficient (Wildman–Crippen LogP) is 3.31. The van der Waals surface area contributed by atoms with Crippen LogP contribution in [0.25, 0.3) is 5.69 Å². The SMILES string of the molecule is Cl.Cl.O=c1cc(OCc2ccccc2)ccn1-c1ccc(N2CC3CNCC3C2)nc1. The number of hydrogen-bond acceptors (Lipinski definition) is 5. The van der Waals surface area contributed by atoms with E-state index in [9.17, 15) is 4.79 Å². The first kappa shape index (κ1) is 23.1. The summed E-state index contributed by atoms with van der Waals surface area (Å²) in [5.74, 6) is 3.00. The van der Waals surface area contributed by atoms with Gasteiger partial charge in [-0.25, -0.2) is 4.98 Å². The zero-order valence-corrected chi connectivity index (χ0v) is 18.6. The second-order valence-corrected chi connectivity index (χ2v) is 7.80. The first-order chi connectivity index (χ1) is 14.3. The van der Waals surface area contributed by atoms with Gasteiger partial charge in [-0.2, -0.15) is 0 Å². The van der Waals surface area contributed by atoms with Crippen LogP contribution in [-0.4, -0.2) is 35.7 Å². The van der Waals surface area contributed by atoms with E-state index in [0.717, 1.165) is 55.1 Å². The molecule has 2 atom stereocenters. The highest BCUT2D eigenvalue weighted by atomic mass is 35.5. The van der Waals surface area contributed by atoms with Crippen LogP contribution < -0.4 is 20.5 Å². The zero-order chi connectivity index (χ0) is 19.6. The Morgan fingerprint density at radius 2 is 1.74 bits per heavy atom. The highest BCUT2D eigenvalue weighted by molar-refractivity contribution is 5.85. The van der Waals surface area contributed by atoms with Crippen molar-refractivity contribution in [3.05, 3.63) is 82.9 Å².